The van der Waals surface area contributed by atoms with Crippen LogP contribution in [-0.2, 0) is 19.7 Å². The lowest BCUT2D eigenvalue weighted by Gasteiger charge is -2.35. The van der Waals surface area contributed by atoms with E-state index in [2.05, 4.69) is 5.32 Å². The van der Waals surface area contributed by atoms with Crippen molar-refractivity contribution in [3.05, 3.63) is 35.6 Å². The molecule has 1 amide bonds. The molecule has 6 heteroatoms. The summed E-state index contributed by atoms with van der Waals surface area (Å²) in [5.74, 6) is -1.37. The molecular weight excluding hydrogens is 325 g/mol. The monoisotopic (exact) mass is 349 g/mol. The van der Waals surface area contributed by atoms with Crippen LogP contribution in [-0.4, -0.2) is 36.7 Å². The summed E-state index contributed by atoms with van der Waals surface area (Å²) in [6, 6.07) is 6.09. The largest absolute Gasteiger partial charge is 0.481 e. The predicted molar refractivity (Wildman–Crippen MR) is 89.7 cm³/mol. The quantitative estimate of drug-likeness (QED) is 0.857. The van der Waals surface area contributed by atoms with E-state index in [4.69, 9.17) is 4.74 Å². The molecule has 1 aromatic carbocycles. The maximum atomic E-state index is 13.3. The number of carbonyl (C=O) groups is 2. The van der Waals surface area contributed by atoms with Crippen molar-refractivity contribution in [3.8, 4) is 0 Å². The first kappa shape index (κ1) is 17.9. The van der Waals surface area contributed by atoms with Crippen LogP contribution in [0.4, 0.5) is 4.39 Å². The number of benzene rings is 1. The third-order valence-electron chi connectivity index (χ3n) is 5.78. The summed E-state index contributed by atoms with van der Waals surface area (Å²) in [5.41, 5.74) is -0.838. The molecule has 1 saturated carbocycles. The molecule has 2 fully saturated rings. The van der Waals surface area contributed by atoms with Gasteiger partial charge in [0.05, 0.1) is 10.8 Å². The summed E-state index contributed by atoms with van der Waals surface area (Å²) in [7, 11) is 0. The maximum absolute atomic E-state index is 13.3. The van der Waals surface area contributed by atoms with Crippen LogP contribution in [0.5, 0.6) is 0 Å². The minimum absolute atomic E-state index is 0.105. The minimum atomic E-state index is -0.962. The second-order valence-corrected chi connectivity index (χ2v) is 7.18. The number of ether oxygens (including phenoxy) is 1. The molecule has 0 unspecified atom stereocenters. The Bertz CT molecular complexity index is 631. The third-order valence-corrected chi connectivity index (χ3v) is 5.78. The van der Waals surface area contributed by atoms with E-state index in [0.717, 1.165) is 18.4 Å². The normalized spacial score (nSPS) is 21.6. The lowest BCUT2D eigenvalue weighted by atomic mass is 9.76. The molecular formula is C19H24FNO4. The van der Waals surface area contributed by atoms with Crippen LogP contribution in [0.1, 0.15) is 44.1 Å². The first-order valence-electron chi connectivity index (χ1n) is 8.84. The van der Waals surface area contributed by atoms with Crippen molar-refractivity contribution in [1.82, 2.24) is 5.32 Å². The van der Waals surface area contributed by atoms with Crippen LogP contribution >= 0.6 is 0 Å². The average Bonchev–Trinajstić information content (AvgIpc) is 3.12. The Balaban J connectivity index is 1.77. The SMILES string of the molecule is O=C(O)C1(CNC(=O)C2(c3ccc(F)cc3)CCCC2)CCOCC1. The first-order chi connectivity index (χ1) is 12.0. The van der Waals surface area contributed by atoms with Gasteiger partial charge >= 0.3 is 5.97 Å². The van der Waals surface area contributed by atoms with E-state index >= 15 is 0 Å². The maximum Gasteiger partial charge on any atom is 0.311 e. The van der Waals surface area contributed by atoms with Gasteiger partial charge in [0, 0.05) is 19.8 Å². The van der Waals surface area contributed by atoms with Crippen molar-refractivity contribution < 1.29 is 23.8 Å². The Morgan fingerprint density at radius 3 is 2.24 bits per heavy atom. The fourth-order valence-corrected chi connectivity index (χ4v) is 4.04. The smallest absolute Gasteiger partial charge is 0.311 e. The van der Waals surface area contributed by atoms with Crippen molar-refractivity contribution in [2.24, 2.45) is 5.41 Å². The zero-order valence-corrected chi connectivity index (χ0v) is 14.2. The van der Waals surface area contributed by atoms with Crippen molar-refractivity contribution >= 4 is 11.9 Å². The number of carboxylic acids is 1. The third kappa shape index (κ3) is 3.40. The molecule has 3 rings (SSSR count). The highest BCUT2D eigenvalue weighted by Crippen LogP contribution is 2.42. The van der Waals surface area contributed by atoms with Gasteiger partial charge in [0.15, 0.2) is 0 Å². The van der Waals surface area contributed by atoms with Gasteiger partial charge < -0.3 is 15.2 Å². The highest BCUT2D eigenvalue weighted by molar-refractivity contribution is 5.89. The molecule has 136 valence electrons. The molecule has 1 aliphatic carbocycles. The minimum Gasteiger partial charge on any atom is -0.481 e. The second-order valence-electron chi connectivity index (χ2n) is 7.18. The summed E-state index contributed by atoms with van der Waals surface area (Å²) in [4.78, 5) is 24.8. The van der Waals surface area contributed by atoms with E-state index in [0.29, 0.717) is 38.9 Å². The van der Waals surface area contributed by atoms with Crippen LogP contribution in [0.2, 0.25) is 0 Å². The number of halogens is 1. The van der Waals surface area contributed by atoms with Crippen molar-refractivity contribution in [3.63, 3.8) is 0 Å². The van der Waals surface area contributed by atoms with E-state index < -0.39 is 16.8 Å². The molecule has 5 nitrogen and oxygen atoms in total. The van der Waals surface area contributed by atoms with Gasteiger partial charge in [-0.05, 0) is 43.4 Å². The molecule has 1 heterocycles. The van der Waals surface area contributed by atoms with Gasteiger partial charge in [0.2, 0.25) is 5.91 Å². The van der Waals surface area contributed by atoms with E-state index in [-0.39, 0.29) is 18.3 Å². The zero-order valence-electron chi connectivity index (χ0n) is 14.2. The van der Waals surface area contributed by atoms with Crippen LogP contribution < -0.4 is 5.32 Å². The van der Waals surface area contributed by atoms with Gasteiger partial charge in [0.25, 0.3) is 0 Å². The molecule has 2 N–H and O–H groups in total. The number of amides is 1. The highest BCUT2D eigenvalue weighted by Gasteiger charge is 2.45. The van der Waals surface area contributed by atoms with Gasteiger partial charge in [-0.2, -0.15) is 0 Å². The topological polar surface area (TPSA) is 75.6 Å². The molecule has 1 aromatic rings. The van der Waals surface area contributed by atoms with E-state index in [1.54, 1.807) is 12.1 Å². The summed E-state index contributed by atoms with van der Waals surface area (Å²) >= 11 is 0. The predicted octanol–water partition coefficient (Wildman–Crippen LogP) is 2.64. The molecule has 25 heavy (non-hydrogen) atoms. The molecule has 1 saturated heterocycles. The van der Waals surface area contributed by atoms with Crippen LogP contribution in [0.15, 0.2) is 24.3 Å². The van der Waals surface area contributed by atoms with Crippen LogP contribution in [0, 0.1) is 11.2 Å². The lowest BCUT2D eigenvalue weighted by molar-refractivity contribution is -0.154. The van der Waals surface area contributed by atoms with Gasteiger partial charge in [-0.25, -0.2) is 4.39 Å². The van der Waals surface area contributed by atoms with Gasteiger partial charge in [-0.15, -0.1) is 0 Å². The summed E-state index contributed by atoms with van der Waals surface area (Å²) < 4.78 is 18.5. The Morgan fingerprint density at radius 1 is 1.08 bits per heavy atom. The highest BCUT2D eigenvalue weighted by atomic mass is 19.1. The number of hydrogen-bond acceptors (Lipinski definition) is 3. The van der Waals surface area contributed by atoms with E-state index in [1.165, 1.54) is 12.1 Å². The van der Waals surface area contributed by atoms with Crippen molar-refractivity contribution in [2.75, 3.05) is 19.8 Å². The number of aliphatic carboxylic acids is 1. The van der Waals surface area contributed by atoms with Crippen molar-refractivity contribution in [2.45, 2.75) is 43.9 Å². The Kier molecular flexibility index (Phi) is 5.08. The van der Waals surface area contributed by atoms with Gasteiger partial charge in [-0.1, -0.05) is 25.0 Å². The zero-order chi connectivity index (χ0) is 17.9. The Labute approximate surface area is 146 Å². The number of carboxylic acid groups (broad SMARTS) is 1. The molecule has 0 aromatic heterocycles. The second kappa shape index (κ2) is 7.12. The summed E-state index contributed by atoms with van der Waals surface area (Å²) in [5, 5.41) is 12.5. The van der Waals surface area contributed by atoms with Crippen LogP contribution in [0.25, 0.3) is 0 Å². The first-order valence-corrected chi connectivity index (χ1v) is 8.84. The Morgan fingerprint density at radius 2 is 1.68 bits per heavy atom. The fraction of sp³-hybridized carbons (Fsp3) is 0.579. The molecule has 0 radical (unpaired) electrons. The number of rotatable bonds is 5. The van der Waals surface area contributed by atoms with Crippen LogP contribution in [0.3, 0.4) is 0 Å². The molecule has 0 bridgehead atoms. The summed E-state index contributed by atoms with van der Waals surface area (Å²) in [6.45, 7) is 0.893. The molecule has 1 aliphatic heterocycles. The number of hydrogen-bond donors (Lipinski definition) is 2. The fourth-order valence-electron chi connectivity index (χ4n) is 4.04. The lowest BCUT2D eigenvalue weighted by Crippen LogP contribution is -2.50. The average molecular weight is 349 g/mol. The summed E-state index contributed by atoms with van der Waals surface area (Å²) in [6.07, 6.45) is 4.06. The number of carbonyl (C=O) groups excluding carboxylic acids is 1. The Hall–Kier alpha value is -1.95. The van der Waals surface area contributed by atoms with Gasteiger partial charge in [0.1, 0.15) is 5.82 Å². The van der Waals surface area contributed by atoms with Crippen molar-refractivity contribution in [1.29, 1.82) is 0 Å². The van der Waals surface area contributed by atoms with Gasteiger partial charge in [-0.3, -0.25) is 9.59 Å². The molecule has 0 atom stereocenters. The number of nitrogens with one attached hydrogen (secondary N) is 1. The van der Waals surface area contributed by atoms with E-state index in [9.17, 15) is 19.1 Å². The molecule has 2 aliphatic rings. The standard InChI is InChI=1S/C19H24FNO4/c20-15-5-3-14(4-6-15)19(7-1-2-8-19)16(22)21-13-18(17(23)24)9-11-25-12-10-18/h3-6H,1-2,7-13H2,(H,21,22)(H,23,24). The van der Waals surface area contributed by atoms with E-state index in [1.807, 2.05) is 0 Å². The molecule has 0 spiro atoms.